The van der Waals surface area contributed by atoms with Crippen LogP contribution in [0.1, 0.15) is 54.1 Å². The number of carbonyl (C=O) groups excluding carboxylic acids is 2. The maximum atomic E-state index is 11.9. The molecule has 0 atom stereocenters. The fourth-order valence-electron chi connectivity index (χ4n) is 3.83. The van der Waals surface area contributed by atoms with E-state index in [2.05, 4.69) is 34.5 Å². The molecule has 1 aliphatic heterocycles. The average molecular weight is 396 g/mol. The Morgan fingerprint density at radius 2 is 1.83 bits per heavy atom. The third-order valence-electron chi connectivity index (χ3n) is 5.37. The first kappa shape index (κ1) is 20.7. The quantitative estimate of drug-likeness (QED) is 0.754. The summed E-state index contributed by atoms with van der Waals surface area (Å²) in [5.41, 5.74) is 9.42. The van der Waals surface area contributed by atoms with Gasteiger partial charge in [0, 0.05) is 32.2 Å². The zero-order valence-corrected chi connectivity index (χ0v) is 17.1. The first-order valence-corrected chi connectivity index (χ1v) is 10.1. The second-order valence-corrected chi connectivity index (χ2v) is 7.39. The number of benzene rings is 2. The van der Waals surface area contributed by atoms with Crippen molar-refractivity contribution in [3.8, 4) is 5.75 Å². The Hall–Kier alpha value is -3.02. The number of piperidine rings is 1. The molecule has 0 bridgehead atoms. The number of carbonyl (C=O) groups is 2. The SMILES string of the molecule is CCOc1ccc(N2CCC(c3ccc(CNC(C)=O)cc3)CC2)c(C(N)=O)c1. The molecule has 2 aromatic carbocycles. The summed E-state index contributed by atoms with van der Waals surface area (Å²) in [6.07, 6.45) is 2.02. The van der Waals surface area contributed by atoms with E-state index < -0.39 is 5.91 Å². The Kier molecular flexibility index (Phi) is 6.75. The maximum absolute atomic E-state index is 11.9. The molecular weight excluding hydrogens is 366 g/mol. The summed E-state index contributed by atoms with van der Waals surface area (Å²) in [5.74, 6) is 0.699. The van der Waals surface area contributed by atoms with Crippen LogP contribution in [0.4, 0.5) is 5.69 Å². The predicted molar refractivity (Wildman–Crippen MR) is 114 cm³/mol. The first-order chi connectivity index (χ1) is 14.0. The Morgan fingerprint density at radius 3 is 2.41 bits per heavy atom. The average Bonchev–Trinajstić information content (AvgIpc) is 2.73. The molecule has 154 valence electrons. The highest BCUT2D eigenvalue weighted by atomic mass is 16.5. The van der Waals surface area contributed by atoms with Crippen LogP contribution in [0.25, 0.3) is 0 Å². The van der Waals surface area contributed by atoms with Gasteiger partial charge in [-0.3, -0.25) is 9.59 Å². The van der Waals surface area contributed by atoms with Crippen LogP contribution in [0.2, 0.25) is 0 Å². The Bertz CT molecular complexity index is 856. The van der Waals surface area contributed by atoms with Gasteiger partial charge in [0.2, 0.25) is 5.91 Å². The van der Waals surface area contributed by atoms with E-state index in [1.165, 1.54) is 12.5 Å². The predicted octanol–water partition coefficient (Wildman–Crippen LogP) is 3.20. The lowest BCUT2D eigenvalue weighted by Crippen LogP contribution is -2.34. The zero-order chi connectivity index (χ0) is 20.8. The fourth-order valence-corrected chi connectivity index (χ4v) is 3.83. The van der Waals surface area contributed by atoms with Gasteiger partial charge in [0.1, 0.15) is 5.75 Å². The van der Waals surface area contributed by atoms with Gasteiger partial charge in [-0.2, -0.15) is 0 Å². The van der Waals surface area contributed by atoms with Gasteiger partial charge in [-0.1, -0.05) is 24.3 Å². The molecule has 3 N–H and O–H groups in total. The molecule has 1 saturated heterocycles. The normalized spacial score (nSPS) is 14.5. The lowest BCUT2D eigenvalue weighted by Gasteiger charge is -2.34. The molecule has 0 unspecified atom stereocenters. The van der Waals surface area contributed by atoms with Crippen LogP contribution < -0.4 is 20.7 Å². The van der Waals surface area contributed by atoms with E-state index >= 15 is 0 Å². The smallest absolute Gasteiger partial charge is 0.250 e. The van der Waals surface area contributed by atoms with Crippen LogP contribution in [0.15, 0.2) is 42.5 Å². The number of nitrogens with two attached hydrogens (primary N) is 1. The minimum atomic E-state index is -0.432. The minimum absolute atomic E-state index is 0.0222. The highest BCUT2D eigenvalue weighted by Crippen LogP contribution is 2.33. The van der Waals surface area contributed by atoms with Crippen molar-refractivity contribution in [2.75, 3.05) is 24.6 Å². The highest BCUT2D eigenvalue weighted by Gasteiger charge is 2.23. The van der Waals surface area contributed by atoms with Gasteiger partial charge in [-0.25, -0.2) is 0 Å². The molecule has 3 rings (SSSR count). The second-order valence-electron chi connectivity index (χ2n) is 7.39. The van der Waals surface area contributed by atoms with Crippen molar-refractivity contribution in [2.45, 2.75) is 39.2 Å². The van der Waals surface area contributed by atoms with Crippen LogP contribution in [-0.2, 0) is 11.3 Å². The molecule has 0 radical (unpaired) electrons. The number of anilines is 1. The van der Waals surface area contributed by atoms with E-state index in [1.54, 1.807) is 6.07 Å². The molecule has 0 aliphatic carbocycles. The third kappa shape index (κ3) is 5.28. The van der Waals surface area contributed by atoms with Gasteiger partial charge >= 0.3 is 0 Å². The van der Waals surface area contributed by atoms with Crippen molar-refractivity contribution in [3.63, 3.8) is 0 Å². The molecular formula is C23H29N3O3. The number of primary amides is 1. The van der Waals surface area contributed by atoms with E-state index in [0.29, 0.717) is 30.4 Å². The van der Waals surface area contributed by atoms with Crippen molar-refractivity contribution in [3.05, 3.63) is 59.2 Å². The fraction of sp³-hybridized carbons (Fsp3) is 0.391. The van der Waals surface area contributed by atoms with Gasteiger partial charge < -0.3 is 20.7 Å². The number of nitrogens with one attached hydrogen (secondary N) is 1. The van der Waals surface area contributed by atoms with Crippen molar-refractivity contribution >= 4 is 17.5 Å². The van der Waals surface area contributed by atoms with Crippen LogP contribution in [0.5, 0.6) is 5.75 Å². The van der Waals surface area contributed by atoms with Crippen molar-refractivity contribution in [1.82, 2.24) is 5.32 Å². The summed E-state index contributed by atoms with van der Waals surface area (Å²) >= 11 is 0. The standard InChI is InChI=1S/C23H29N3O3/c1-3-29-20-8-9-22(21(14-20)23(24)28)26-12-10-19(11-13-26)18-6-4-17(5-7-18)15-25-16(2)27/h4-9,14,19H,3,10-13,15H2,1-2H3,(H2,24,28)(H,25,27). The topological polar surface area (TPSA) is 84.7 Å². The summed E-state index contributed by atoms with van der Waals surface area (Å²) in [6.45, 7) is 6.28. The molecule has 1 heterocycles. The Balaban J connectivity index is 1.64. The Morgan fingerprint density at radius 1 is 1.14 bits per heavy atom. The highest BCUT2D eigenvalue weighted by molar-refractivity contribution is 5.99. The summed E-state index contributed by atoms with van der Waals surface area (Å²) in [6, 6.07) is 14.0. The zero-order valence-electron chi connectivity index (χ0n) is 17.1. The number of amides is 2. The van der Waals surface area contributed by atoms with Crippen LogP contribution in [-0.4, -0.2) is 31.5 Å². The summed E-state index contributed by atoms with van der Waals surface area (Å²) < 4.78 is 5.50. The van der Waals surface area contributed by atoms with Gasteiger partial charge in [-0.05, 0) is 55.0 Å². The van der Waals surface area contributed by atoms with E-state index in [-0.39, 0.29) is 5.91 Å². The molecule has 0 aromatic heterocycles. The molecule has 0 saturated carbocycles. The lowest BCUT2D eigenvalue weighted by molar-refractivity contribution is -0.119. The molecule has 2 aromatic rings. The van der Waals surface area contributed by atoms with E-state index in [4.69, 9.17) is 10.5 Å². The number of rotatable bonds is 7. The third-order valence-corrected chi connectivity index (χ3v) is 5.37. The van der Waals surface area contributed by atoms with Crippen LogP contribution >= 0.6 is 0 Å². The largest absolute Gasteiger partial charge is 0.494 e. The van der Waals surface area contributed by atoms with Gasteiger partial charge in [0.25, 0.3) is 5.91 Å². The number of ether oxygens (including phenoxy) is 1. The van der Waals surface area contributed by atoms with Gasteiger partial charge in [-0.15, -0.1) is 0 Å². The first-order valence-electron chi connectivity index (χ1n) is 10.1. The van der Waals surface area contributed by atoms with E-state index in [0.717, 1.165) is 37.2 Å². The second kappa shape index (κ2) is 9.45. The van der Waals surface area contributed by atoms with Gasteiger partial charge in [0.15, 0.2) is 0 Å². The molecule has 2 amide bonds. The summed E-state index contributed by atoms with van der Waals surface area (Å²) in [5, 5.41) is 2.82. The number of nitrogens with zero attached hydrogens (tertiary/aromatic N) is 1. The van der Waals surface area contributed by atoms with E-state index in [1.807, 2.05) is 19.1 Å². The molecule has 6 nitrogen and oxygen atoms in total. The molecule has 1 fully saturated rings. The molecule has 29 heavy (non-hydrogen) atoms. The van der Waals surface area contributed by atoms with E-state index in [9.17, 15) is 9.59 Å². The Labute approximate surface area is 172 Å². The summed E-state index contributed by atoms with van der Waals surface area (Å²) in [4.78, 5) is 25.2. The molecule has 1 aliphatic rings. The molecule has 0 spiro atoms. The number of hydrogen-bond donors (Lipinski definition) is 2. The lowest BCUT2D eigenvalue weighted by atomic mass is 9.88. The summed E-state index contributed by atoms with van der Waals surface area (Å²) in [7, 11) is 0. The van der Waals surface area contributed by atoms with Crippen molar-refractivity contribution in [1.29, 1.82) is 0 Å². The van der Waals surface area contributed by atoms with Crippen LogP contribution in [0, 0.1) is 0 Å². The van der Waals surface area contributed by atoms with Crippen molar-refractivity contribution < 1.29 is 14.3 Å². The van der Waals surface area contributed by atoms with Gasteiger partial charge in [0.05, 0.1) is 12.2 Å². The maximum Gasteiger partial charge on any atom is 0.250 e. The van der Waals surface area contributed by atoms with Crippen molar-refractivity contribution in [2.24, 2.45) is 5.73 Å². The number of hydrogen-bond acceptors (Lipinski definition) is 4. The monoisotopic (exact) mass is 395 g/mol. The van der Waals surface area contributed by atoms with Crippen LogP contribution in [0.3, 0.4) is 0 Å². The minimum Gasteiger partial charge on any atom is -0.494 e. The molecule has 6 heteroatoms.